The second kappa shape index (κ2) is 7.87. The van der Waals surface area contributed by atoms with Crippen LogP contribution in [-0.4, -0.2) is 44.5 Å². The van der Waals surface area contributed by atoms with E-state index in [9.17, 15) is 13.2 Å². The Morgan fingerprint density at radius 2 is 1.96 bits per heavy atom. The molecule has 26 heavy (non-hydrogen) atoms. The Morgan fingerprint density at radius 1 is 1.31 bits per heavy atom. The van der Waals surface area contributed by atoms with E-state index in [1.807, 2.05) is 6.07 Å². The van der Waals surface area contributed by atoms with E-state index in [-0.39, 0.29) is 0 Å². The highest BCUT2D eigenvalue weighted by Crippen LogP contribution is 2.29. The molecule has 0 atom stereocenters. The molecule has 1 aromatic carbocycles. The van der Waals surface area contributed by atoms with Gasteiger partial charge in [-0.15, -0.1) is 0 Å². The van der Waals surface area contributed by atoms with E-state index in [0.29, 0.717) is 27.8 Å². The van der Waals surface area contributed by atoms with Gasteiger partial charge < -0.3 is 15.2 Å². The average Bonchev–Trinajstić information content (AvgIpc) is 2.99. The van der Waals surface area contributed by atoms with Gasteiger partial charge in [0.2, 0.25) is 0 Å². The molecule has 0 unspecified atom stereocenters. The Bertz CT molecular complexity index is 916. The maximum atomic E-state index is 10.6. The molecule has 0 radical (unpaired) electrons. The zero-order valence-corrected chi connectivity index (χ0v) is 13.8. The van der Waals surface area contributed by atoms with Crippen molar-refractivity contribution in [1.29, 1.82) is 0 Å². The van der Waals surface area contributed by atoms with Gasteiger partial charge in [0.15, 0.2) is 17.0 Å². The van der Waals surface area contributed by atoms with E-state index < -0.39 is 12.1 Å². The van der Waals surface area contributed by atoms with Gasteiger partial charge in [-0.1, -0.05) is 11.6 Å². The van der Waals surface area contributed by atoms with Gasteiger partial charge in [0.25, 0.3) is 0 Å². The zero-order valence-electron chi connectivity index (χ0n) is 13.0. The van der Waals surface area contributed by atoms with Gasteiger partial charge in [-0.3, -0.25) is 5.10 Å². The van der Waals surface area contributed by atoms with Gasteiger partial charge in [-0.05, 0) is 12.1 Å². The number of hydrogen-bond acceptors (Lipinski definition) is 6. The third kappa shape index (κ3) is 4.72. The Labute approximate surface area is 149 Å². The number of aromatic amines is 1. The quantitative estimate of drug-likeness (QED) is 0.629. The molecular weight excluding hydrogens is 379 g/mol. The monoisotopic (exact) mass is 389 g/mol. The van der Waals surface area contributed by atoms with E-state index in [1.54, 1.807) is 31.6 Å². The SMILES string of the molecule is COc1cc(Nc2n[nH]c3nccnc23)ccc1Cl.O=C(O)C(F)(F)F. The van der Waals surface area contributed by atoms with Crippen LogP contribution in [0, 0.1) is 0 Å². The number of carbonyl (C=O) groups is 1. The second-order valence-electron chi connectivity index (χ2n) is 4.60. The van der Waals surface area contributed by atoms with E-state index >= 15 is 0 Å². The second-order valence-corrected chi connectivity index (χ2v) is 5.01. The zero-order chi connectivity index (χ0) is 19.3. The fraction of sp³-hybridized carbons (Fsp3) is 0.143. The molecular formula is C14H11ClF3N5O3. The minimum absolute atomic E-state index is 0.555. The van der Waals surface area contributed by atoms with Gasteiger partial charge in [0.1, 0.15) is 5.75 Å². The van der Waals surface area contributed by atoms with Crippen LogP contribution in [0.2, 0.25) is 5.02 Å². The van der Waals surface area contributed by atoms with Crippen molar-refractivity contribution in [3.63, 3.8) is 0 Å². The summed E-state index contributed by atoms with van der Waals surface area (Å²) in [6, 6.07) is 5.38. The normalized spacial score (nSPS) is 10.8. The number of ether oxygens (including phenoxy) is 1. The maximum Gasteiger partial charge on any atom is 0.490 e. The molecule has 2 heterocycles. The molecule has 0 aliphatic carbocycles. The lowest BCUT2D eigenvalue weighted by Gasteiger charge is -2.07. The number of nitrogens with one attached hydrogen (secondary N) is 2. The molecule has 0 fully saturated rings. The third-order valence-electron chi connectivity index (χ3n) is 2.85. The summed E-state index contributed by atoms with van der Waals surface area (Å²) in [7, 11) is 1.57. The van der Waals surface area contributed by atoms with E-state index in [2.05, 4.69) is 25.5 Å². The number of nitrogens with zero attached hydrogens (tertiary/aromatic N) is 3. The molecule has 0 saturated heterocycles. The van der Waals surface area contributed by atoms with Gasteiger partial charge in [-0.2, -0.15) is 18.3 Å². The first-order chi connectivity index (χ1) is 12.2. The Kier molecular flexibility index (Phi) is 5.82. The minimum atomic E-state index is -5.08. The largest absolute Gasteiger partial charge is 0.495 e. The van der Waals surface area contributed by atoms with Crippen LogP contribution in [0.1, 0.15) is 0 Å². The number of benzene rings is 1. The number of carboxylic acids is 1. The molecule has 0 bridgehead atoms. The van der Waals surface area contributed by atoms with Crippen LogP contribution in [0.4, 0.5) is 24.7 Å². The molecule has 0 aliphatic heterocycles. The number of methoxy groups -OCH3 is 1. The molecule has 0 spiro atoms. The number of halogens is 4. The van der Waals surface area contributed by atoms with Crippen LogP contribution >= 0.6 is 11.6 Å². The summed E-state index contributed by atoms with van der Waals surface area (Å²) >= 11 is 5.98. The van der Waals surface area contributed by atoms with Crippen LogP contribution in [-0.2, 0) is 4.79 Å². The molecule has 138 valence electrons. The third-order valence-corrected chi connectivity index (χ3v) is 3.16. The van der Waals surface area contributed by atoms with Gasteiger partial charge in [0.05, 0.1) is 12.1 Å². The van der Waals surface area contributed by atoms with Crippen molar-refractivity contribution >= 4 is 40.2 Å². The van der Waals surface area contributed by atoms with Crippen molar-refractivity contribution in [2.75, 3.05) is 12.4 Å². The highest BCUT2D eigenvalue weighted by atomic mass is 35.5. The molecule has 0 saturated carbocycles. The van der Waals surface area contributed by atoms with Crippen LogP contribution in [0.25, 0.3) is 11.2 Å². The highest BCUT2D eigenvalue weighted by Gasteiger charge is 2.38. The lowest BCUT2D eigenvalue weighted by Crippen LogP contribution is -2.21. The Balaban J connectivity index is 0.000000298. The maximum absolute atomic E-state index is 10.6. The summed E-state index contributed by atoms with van der Waals surface area (Å²) in [5.41, 5.74) is 2.11. The summed E-state index contributed by atoms with van der Waals surface area (Å²) in [5, 5.41) is 17.8. The average molecular weight is 390 g/mol. The van der Waals surface area contributed by atoms with E-state index in [1.165, 1.54) is 0 Å². The van der Waals surface area contributed by atoms with Crippen LogP contribution < -0.4 is 10.1 Å². The van der Waals surface area contributed by atoms with Crippen LogP contribution in [0.15, 0.2) is 30.6 Å². The molecule has 8 nitrogen and oxygen atoms in total. The number of carboxylic acid groups (broad SMARTS) is 1. The highest BCUT2D eigenvalue weighted by molar-refractivity contribution is 6.32. The molecule has 3 N–H and O–H groups in total. The lowest BCUT2D eigenvalue weighted by molar-refractivity contribution is -0.192. The van der Waals surface area contributed by atoms with Gasteiger partial charge >= 0.3 is 12.1 Å². The van der Waals surface area contributed by atoms with Crippen molar-refractivity contribution in [2.45, 2.75) is 6.18 Å². The minimum Gasteiger partial charge on any atom is -0.495 e. The molecule has 2 aromatic heterocycles. The first-order valence-corrected chi connectivity index (χ1v) is 7.16. The lowest BCUT2D eigenvalue weighted by atomic mass is 10.3. The predicted octanol–water partition coefficient (Wildman–Crippen LogP) is 3.39. The number of hydrogen-bond donors (Lipinski definition) is 3. The molecule has 0 aliphatic rings. The number of aliphatic carboxylic acids is 1. The van der Waals surface area contributed by atoms with Crippen molar-refractivity contribution in [3.8, 4) is 5.75 Å². The first kappa shape index (κ1) is 19.2. The number of aromatic nitrogens is 4. The topological polar surface area (TPSA) is 113 Å². The smallest absolute Gasteiger partial charge is 0.490 e. The van der Waals surface area contributed by atoms with Crippen LogP contribution in [0.3, 0.4) is 0 Å². The summed E-state index contributed by atoms with van der Waals surface area (Å²) in [6.45, 7) is 0. The first-order valence-electron chi connectivity index (χ1n) is 6.78. The molecule has 3 aromatic rings. The van der Waals surface area contributed by atoms with Crippen molar-refractivity contribution in [1.82, 2.24) is 20.2 Å². The van der Waals surface area contributed by atoms with Crippen molar-refractivity contribution in [3.05, 3.63) is 35.6 Å². The number of rotatable bonds is 3. The number of anilines is 2. The molecule has 12 heteroatoms. The fourth-order valence-corrected chi connectivity index (χ4v) is 1.91. The summed E-state index contributed by atoms with van der Waals surface area (Å²) in [6.07, 6.45) is -1.86. The summed E-state index contributed by atoms with van der Waals surface area (Å²) < 4.78 is 36.9. The van der Waals surface area contributed by atoms with Crippen LogP contribution in [0.5, 0.6) is 5.75 Å². The Hall–Kier alpha value is -3.08. The van der Waals surface area contributed by atoms with E-state index in [0.717, 1.165) is 5.69 Å². The van der Waals surface area contributed by atoms with Crippen molar-refractivity contribution < 1.29 is 27.8 Å². The number of alkyl halides is 3. The number of H-pyrrole nitrogens is 1. The fourth-order valence-electron chi connectivity index (χ4n) is 1.72. The van der Waals surface area contributed by atoms with Gasteiger partial charge in [0, 0.05) is 24.1 Å². The summed E-state index contributed by atoms with van der Waals surface area (Å²) in [4.78, 5) is 17.2. The predicted molar refractivity (Wildman–Crippen MR) is 86.7 cm³/mol. The number of fused-ring (bicyclic) bond motifs is 1. The molecule has 0 amide bonds. The van der Waals surface area contributed by atoms with E-state index in [4.69, 9.17) is 26.2 Å². The Morgan fingerprint density at radius 3 is 2.58 bits per heavy atom. The standard InChI is InChI=1S/C12H10ClN5O.C2HF3O2/c1-19-9-6-7(2-3-8(9)13)16-12-10-11(17-18-12)15-5-4-14-10;3-2(4,5)1(6)7/h2-6H,1H3,(H2,15,16,17,18);(H,6,7). The molecule has 3 rings (SSSR count). The van der Waals surface area contributed by atoms with Crippen molar-refractivity contribution in [2.24, 2.45) is 0 Å². The van der Waals surface area contributed by atoms with Gasteiger partial charge in [-0.25, -0.2) is 14.8 Å². The summed E-state index contributed by atoms with van der Waals surface area (Å²) in [5.74, 6) is -1.56.